The summed E-state index contributed by atoms with van der Waals surface area (Å²) < 4.78 is 15.2. The number of rotatable bonds is 2. The van der Waals surface area contributed by atoms with E-state index in [0.717, 1.165) is 21.9 Å². The van der Waals surface area contributed by atoms with Crippen LogP contribution in [-0.4, -0.2) is 19.5 Å². The van der Waals surface area contributed by atoms with Gasteiger partial charge in [-0.15, -0.1) is 0 Å². The maximum absolute atomic E-state index is 13.7. The first-order valence-corrected chi connectivity index (χ1v) is 9.37. The van der Waals surface area contributed by atoms with Crippen LogP contribution in [0.25, 0.3) is 38.6 Å². The van der Waals surface area contributed by atoms with Crippen molar-refractivity contribution in [3.63, 3.8) is 0 Å². The van der Waals surface area contributed by atoms with E-state index < -0.39 is 5.82 Å². The lowest BCUT2D eigenvalue weighted by atomic mass is 10.0. The number of benzene rings is 2. The number of aromatic nitrogens is 4. The normalized spacial score (nSPS) is 11.3. The van der Waals surface area contributed by atoms with Crippen LogP contribution in [0, 0.1) is 5.82 Å². The number of nitrogen functional groups attached to an aromatic ring is 1. The lowest BCUT2D eigenvalue weighted by molar-refractivity contribution is 0.628. The second-order valence-electron chi connectivity index (χ2n) is 6.73. The Kier molecular flexibility index (Phi) is 4.18. The number of nitrogens with two attached hydrogens (primary N) is 1. The van der Waals surface area contributed by atoms with Gasteiger partial charge in [-0.3, -0.25) is 14.3 Å². The number of pyridine rings is 2. The average Bonchev–Trinajstić information content (AvgIpc) is 2.76. The van der Waals surface area contributed by atoms with Gasteiger partial charge in [-0.1, -0.05) is 17.7 Å². The smallest absolute Gasteiger partial charge is 0.255 e. The van der Waals surface area contributed by atoms with Crippen LogP contribution < -0.4 is 11.3 Å². The van der Waals surface area contributed by atoms with Gasteiger partial charge in [-0.2, -0.15) is 0 Å². The molecule has 6 nitrogen and oxygen atoms in total. The molecule has 8 heteroatoms. The number of halogens is 2. The highest BCUT2D eigenvalue weighted by Gasteiger charge is 2.13. The topological polar surface area (TPSA) is 86.7 Å². The molecule has 0 aliphatic carbocycles. The Morgan fingerprint density at radius 3 is 2.47 bits per heavy atom. The Morgan fingerprint density at radius 1 is 0.900 bits per heavy atom. The minimum absolute atomic E-state index is 0.0607. The van der Waals surface area contributed by atoms with Gasteiger partial charge in [0, 0.05) is 41.0 Å². The highest BCUT2D eigenvalue weighted by atomic mass is 35.5. The maximum Gasteiger partial charge on any atom is 0.255 e. The molecule has 5 rings (SSSR count). The molecule has 0 aliphatic heterocycles. The molecule has 0 radical (unpaired) electrons. The monoisotopic (exact) mass is 417 g/mol. The summed E-state index contributed by atoms with van der Waals surface area (Å²) in [5.74, 6) is -0.362. The van der Waals surface area contributed by atoms with Crippen molar-refractivity contribution < 1.29 is 4.39 Å². The lowest BCUT2D eigenvalue weighted by Crippen LogP contribution is -2.17. The summed E-state index contributed by atoms with van der Waals surface area (Å²) in [6, 6.07) is 13.0. The van der Waals surface area contributed by atoms with Gasteiger partial charge in [0.2, 0.25) is 5.95 Å². The van der Waals surface area contributed by atoms with E-state index in [-0.39, 0.29) is 16.5 Å². The minimum atomic E-state index is -0.550. The summed E-state index contributed by atoms with van der Waals surface area (Å²) in [4.78, 5) is 25.4. The molecule has 5 aromatic rings. The van der Waals surface area contributed by atoms with E-state index >= 15 is 0 Å². The van der Waals surface area contributed by atoms with E-state index in [1.807, 2.05) is 18.2 Å². The summed E-state index contributed by atoms with van der Waals surface area (Å²) in [6.45, 7) is 0. The minimum Gasteiger partial charge on any atom is -0.368 e. The third kappa shape index (κ3) is 2.96. The van der Waals surface area contributed by atoms with Crippen molar-refractivity contribution in [3.05, 3.63) is 88.3 Å². The third-order valence-corrected chi connectivity index (χ3v) is 5.17. The molecule has 3 aromatic heterocycles. The highest BCUT2D eigenvalue weighted by Crippen LogP contribution is 2.30. The molecule has 0 fully saturated rings. The van der Waals surface area contributed by atoms with Crippen LogP contribution in [0.15, 0.2) is 71.9 Å². The molecule has 0 unspecified atom stereocenters. The number of anilines is 1. The summed E-state index contributed by atoms with van der Waals surface area (Å²) in [7, 11) is 0. The van der Waals surface area contributed by atoms with E-state index in [4.69, 9.17) is 17.3 Å². The molecule has 2 aromatic carbocycles. The van der Waals surface area contributed by atoms with E-state index in [9.17, 15) is 9.18 Å². The Balaban J connectivity index is 1.86. The largest absolute Gasteiger partial charge is 0.368 e. The first kappa shape index (κ1) is 18.2. The van der Waals surface area contributed by atoms with Crippen LogP contribution in [0.3, 0.4) is 0 Å². The lowest BCUT2D eigenvalue weighted by Gasteiger charge is -2.13. The van der Waals surface area contributed by atoms with E-state index in [1.165, 1.54) is 28.8 Å². The van der Waals surface area contributed by atoms with Gasteiger partial charge in [0.15, 0.2) is 0 Å². The Hall–Kier alpha value is -3.84. The molecule has 0 amide bonds. The Morgan fingerprint density at radius 2 is 1.70 bits per heavy atom. The average molecular weight is 418 g/mol. The van der Waals surface area contributed by atoms with Crippen LogP contribution >= 0.6 is 11.6 Å². The number of fused-ring (bicyclic) bond motifs is 3. The van der Waals surface area contributed by atoms with Crippen LogP contribution in [-0.2, 0) is 0 Å². The molecular formula is C22H13ClFN5O. The zero-order valence-corrected chi connectivity index (χ0v) is 16.1. The fraction of sp³-hybridized carbons (Fsp3) is 0. The summed E-state index contributed by atoms with van der Waals surface area (Å²) in [6.07, 6.45) is 4.97. The maximum atomic E-state index is 13.7. The standard InChI is InChI=1S/C22H13ClFN5O/c23-17-8-15(3-4-18(17)24)29-20(30)6-2-13-9-26-19-5-1-12(7-16(19)21(13)29)14-10-27-22(25)28-11-14/h1-11H,(H2,25,27,28). The number of hydrogen-bond acceptors (Lipinski definition) is 5. The van der Waals surface area contributed by atoms with Gasteiger partial charge in [-0.05, 0) is 42.0 Å². The second-order valence-corrected chi connectivity index (χ2v) is 7.14. The first-order valence-electron chi connectivity index (χ1n) is 8.99. The molecule has 146 valence electrons. The van der Waals surface area contributed by atoms with Gasteiger partial charge in [0.1, 0.15) is 5.82 Å². The Labute approximate surface area is 174 Å². The molecule has 0 spiro atoms. The molecule has 3 heterocycles. The van der Waals surface area contributed by atoms with Crippen LogP contribution in [0.1, 0.15) is 0 Å². The number of nitrogens with zero attached hydrogens (tertiary/aromatic N) is 4. The zero-order chi connectivity index (χ0) is 20.8. The van der Waals surface area contributed by atoms with Crippen molar-refractivity contribution in [2.24, 2.45) is 0 Å². The predicted octanol–water partition coefficient (Wildman–Crippen LogP) is 4.37. The molecule has 0 saturated carbocycles. The van der Waals surface area contributed by atoms with Crippen LogP contribution in [0.2, 0.25) is 5.02 Å². The fourth-order valence-electron chi connectivity index (χ4n) is 3.46. The first-order chi connectivity index (χ1) is 14.5. The Bertz CT molecular complexity index is 1500. The molecular weight excluding hydrogens is 405 g/mol. The molecule has 0 bridgehead atoms. The zero-order valence-electron chi connectivity index (χ0n) is 15.4. The van der Waals surface area contributed by atoms with Gasteiger partial charge in [0.25, 0.3) is 5.56 Å². The van der Waals surface area contributed by atoms with Crippen molar-refractivity contribution in [1.29, 1.82) is 0 Å². The quantitative estimate of drug-likeness (QED) is 0.431. The van der Waals surface area contributed by atoms with Gasteiger partial charge >= 0.3 is 0 Å². The third-order valence-electron chi connectivity index (χ3n) is 4.88. The molecule has 0 aliphatic rings. The van der Waals surface area contributed by atoms with Gasteiger partial charge in [-0.25, -0.2) is 14.4 Å². The van der Waals surface area contributed by atoms with E-state index in [1.54, 1.807) is 24.7 Å². The fourth-order valence-corrected chi connectivity index (χ4v) is 3.63. The SMILES string of the molecule is Nc1ncc(-c2ccc3ncc4ccc(=O)n(-c5ccc(F)c(Cl)c5)c4c3c2)cn1. The summed E-state index contributed by atoms with van der Waals surface area (Å²) in [5.41, 5.74) is 8.75. The number of hydrogen-bond donors (Lipinski definition) is 1. The van der Waals surface area contributed by atoms with Crippen molar-refractivity contribution in [3.8, 4) is 16.8 Å². The van der Waals surface area contributed by atoms with Gasteiger partial charge in [0.05, 0.1) is 21.7 Å². The molecule has 0 saturated heterocycles. The van der Waals surface area contributed by atoms with Crippen LogP contribution in [0.5, 0.6) is 0 Å². The molecule has 30 heavy (non-hydrogen) atoms. The van der Waals surface area contributed by atoms with E-state index in [2.05, 4.69) is 15.0 Å². The summed E-state index contributed by atoms with van der Waals surface area (Å²) >= 11 is 5.98. The van der Waals surface area contributed by atoms with Crippen molar-refractivity contribution in [1.82, 2.24) is 19.5 Å². The molecule has 2 N–H and O–H groups in total. The van der Waals surface area contributed by atoms with Gasteiger partial charge < -0.3 is 5.73 Å². The highest BCUT2D eigenvalue weighted by molar-refractivity contribution is 6.30. The second kappa shape index (κ2) is 6.89. The molecule has 0 atom stereocenters. The van der Waals surface area contributed by atoms with Crippen molar-refractivity contribution in [2.75, 3.05) is 5.73 Å². The van der Waals surface area contributed by atoms with Crippen molar-refractivity contribution >= 4 is 39.4 Å². The predicted molar refractivity (Wildman–Crippen MR) is 115 cm³/mol. The van der Waals surface area contributed by atoms with Crippen molar-refractivity contribution in [2.45, 2.75) is 0 Å². The van der Waals surface area contributed by atoms with Crippen LogP contribution in [0.4, 0.5) is 10.3 Å². The summed E-state index contributed by atoms with van der Waals surface area (Å²) in [5, 5.41) is 1.45. The van der Waals surface area contributed by atoms with E-state index in [0.29, 0.717) is 16.7 Å².